The van der Waals surface area contributed by atoms with Crippen molar-refractivity contribution in [2.24, 2.45) is 0 Å². The number of ether oxygens (including phenoxy) is 2. The van der Waals surface area contributed by atoms with Crippen LogP contribution in [0.2, 0.25) is 0 Å². The van der Waals surface area contributed by atoms with Gasteiger partial charge in [0.2, 0.25) is 0 Å². The Morgan fingerprint density at radius 1 is 1.13 bits per heavy atom. The van der Waals surface area contributed by atoms with Crippen LogP contribution < -0.4 is 9.47 Å². The van der Waals surface area contributed by atoms with Crippen LogP contribution in [0.5, 0.6) is 11.5 Å². The van der Waals surface area contributed by atoms with Gasteiger partial charge in [-0.05, 0) is 0 Å². The molecule has 0 saturated heterocycles. The molecule has 0 aliphatic rings. The van der Waals surface area contributed by atoms with E-state index in [0.717, 1.165) is 6.07 Å². The van der Waals surface area contributed by atoms with Crippen molar-refractivity contribution in [2.75, 3.05) is 20.8 Å². The van der Waals surface area contributed by atoms with Crippen LogP contribution in [0.4, 0.5) is 8.78 Å². The Hall–Kier alpha value is -1.36. The zero-order valence-corrected chi connectivity index (χ0v) is 8.51. The summed E-state index contributed by atoms with van der Waals surface area (Å²) in [5, 5.41) is 8.68. The van der Waals surface area contributed by atoms with Crippen molar-refractivity contribution in [3.05, 3.63) is 23.3 Å². The fourth-order valence-electron chi connectivity index (χ4n) is 1.27. The second-order valence-corrected chi connectivity index (χ2v) is 2.86. The van der Waals surface area contributed by atoms with Gasteiger partial charge in [-0.3, -0.25) is 0 Å². The van der Waals surface area contributed by atoms with Crippen LogP contribution in [-0.4, -0.2) is 25.9 Å². The van der Waals surface area contributed by atoms with E-state index in [1.807, 2.05) is 0 Å². The lowest BCUT2D eigenvalue weighted by molar-refractivity contribution is 0.291. The van der Waals surface area contributed by atoms with Crippen molar-refractivity contribution in [2.45, 2.75) is 6.42 Å². The maximum Gasteiger partial charge on any atom is 0.171 e. The lowest BCUT2D eigenvalue weighted by Gasteiger charge is -2.11. The summed E-state index contributed by atoms with van der Waals surface area (Å²) in [7, 11) is 2.55. The molecule has 0 aliphatic carbocycles. The average molecular weight is 218 g/mol. The van der Waals surface area contributed by atoms with E-state index in [0.29, 0.717) is 0 Å². The van der Waals surface area contributed by atoms with Gasteiger partial charge in [0, 0.05) is 24.7 Å². The third-order valence-electron chi connectivity index (χ3n) is 2.03. The molecule has 0 saturated carbocycles. The van der Waals surface area contributed by atoms with Crippen LogP contribution in [0.25, 0.3) is 0 Å². The zero-order chi connectivity index (χ0) is 11.4. The third-order valence-corrected chi connectivity index (χ3v) is 2.03. The van der Waals surface area contributed by atoms with Crippen molar-refractivity contribution in [1.82, 2.24) is 0 Å². The minimum atomic E-state index is -0.801. The molecule has 0 aliphatic heterocycles. The molecular weight excluding hydrogens is 206 g/mol. The number of methoxy groups -OCH3 is 2. The molecule has 1 aromatic rings. The van der Waals surface area contributed by atoms with E-state index in [2.05, 4.69) is 0 Å². The number of aliphatic hydroxyl groups is 1. The molecule has 0 amide bonds. The number of benzene rings is 1. The summed E-state index contributed by atoms with van der Waals surface area (Å²) in [6, 6.07) is 1.13. The molecule has 3 nitrogen and oxygen atoms in total. The van der Waals surface area contributed by atoms with Gasteiger partial charge in [-0.25, -0.2) is 8.78 Å². The van der Waals surface area contributed by atoms with Gasteiger partial charge in [0.15, 0.2) is 23.1 Å². The first-order valence-electron chi connectivity index (χ1n) is 4.35. The van der Waals surface area contributed by atoms with E-state index in [-0.39, 0.29) is 30.1 Å². The Labute approximate surface area is 86.2 Å². The SMILES string of the molecule is COc1cc(OC)c(F)c(CCO)c1F. The normalized spacial score (nSPS) is 10.2. The highest BCUT2D eigenvalue weighted by Crippen LogP contribution is 2.31. The summed E-state index contributed by atoms with van der Waals surface area (Å²) in [6.45, 7) is -0.343. The van der Waals surface area contributed by atoms with Gasteiger partial charge >= 0.3 is 0 Å². The highest BCUT2D eigenvalue weighted by molar-refractivity contribution is 5.41. The molecule has 0 spiro atoms. The largest absolute Gasteiger partial charge is 0.494 e. The van der Waals surface area contributed by atoms with E-state index in [1.165, 1.54) is 14.2 Å². The maximum atomic E-state index is 13.5. The molecule has 0 aromatic heterocycles. The number of aliphatic hydroxyl groups excluding tert-OH is 1. The Morgan fingerprint density at radius 2 is 1.60 bits per heavy atom. The second kappa shape index (κ2) is 4.93. The Balaban J connectivity index is 3.32. The molecule has 0 fully saturated rings. The predicted molar refractivity (Wildman–Crippen MR) is 50.3 cm³/mol. The average Bonchev–Trinajstić information content (AvgIpc) is 2.25. The predicted octanol–water partition coefficient (Wildman–Crippen LogP) is 1.52. The van der Waals surface area contributed by atoms with E-state index in [4.69, 9.17) is 14.6 Å². The summed E-state index contributed by atoms with van der Waals surface area (Å²) in [5.41, 5.74) is -0.228. The summed E-state index contributed by atoms with van der Waals surface area (Å²) in [5.74, 6) is -1.80. The van der Waals surface area contributed by atoms with Crippen molar-refractivity contribution in [1.29, 1.82) is 0 Å². The molecule has 5 heteroatoms. The van der Waals surface area contributed by atoms with Gasteiger partial charge in [-0.15, -0.1) is 0 Å². The van der Waals surface area contributed by atoms with Gasteiger partial charge in [0.25, 0.3) is 0 Å². The fourth-order valence-corrected chi connectivity index (χ4v) is 1.27. The molecular formula is C10H12F2O3. The zero-order valence-electron chi connectivity index (χ0n) is 8.51. The van der Waals surface area contributed by atoms with Gasteiger partial charge in [0.05, 0.1) is 14.2 Å². The first-order chi connectivity index (χ1) is 7.15. The van der Waals surface area contributed by atoms with Crippen LogP contribution >= 0.6 is 0 Å². The first kappa shape index (κ1) is 11.7. The maximum absolute atomic E-state index is 13.5. The minimum absolute atomic E-state index is 0.100. The van der Waals surface area contributed by atoms with Crippen LogP contribution in [0.1, 0.15) is 5.56 Å². The minimum Gasteiger partial charge on any atom is -0.494 e. The molecule has 0 bridgehead atoms. The second-order valence-electron chi connectivity index (χ2n) is 2.86. The molecule has 0 unspecified atom stereocenters. The van der Waals surface area contributed by atoms with Gasteiger partial charge in [0.1, 0.15) is 0 Å². The number of rotatable bonds is 4. The molecule has 0 heterocycles. The molecule has 15 heavy (non-hydrogen) atoms. The van der Waals surface area contributed by atoms with Crippen molar-refractivity contribution in [3.8, 4) is 11.5 Å². The lowest BCUT2D eigenvalue weighted by atomic mass is 10.1. The Bertz CT molecular complexity index is 325. The third kappa shape index (κ3) is 2.18. The molecule has 1 rings (SSSR count). The van der Waals surface area contributed by atoms with Crippen LogP contribution in [0.15, 0.2) is 6.07 Å². The van der Waals surface area contributed by atoms with Gasteiger partial charge < -0.3 is 14.6 Å². The van der Waals surface area contributed by atoms with Gasteiger partial charge in [-0.2, -0.15) is 0 Å². The Kier molecular flexibility index (Phi) is 3.85. The number of halogens is 2. The number of hydrogen-bond acceptors (Lipinski definition) is 3. The van der Waals surface area contributed by atoms with E-state index < -0.39 is 11.6 Å². The topological polar surface area (TPSA) is 38.7 Å². The summed E-state index contributed by atoms with van der Waals surface area (Å²) >= 11 is 0. The first-order valence-corrected chi connectivity index (χ1v) is 4.35. The molecule has 1 aromatic carbocycles. The standard InChI is InChI=1S/C10H12F2O3/c1-14-7-5-8(15-2)10(12)6(3-4-13)9(7)11/h5,13H,3-4H2,1-2H3. The fraction of sp³-hybridized carbons (Fsp3) is 0.400. The monoisotopic (exact) mass is 218 g/mol. The van der Waals surface area contributed by atoms with E-state index >= 15 is 0 Å². The van der Waals surface area contributed by atoms with E-state index in [9.17, 15) is 8.78 Å². The Morgan fingerprint density at radius 3 is 1.93 bits per heavy atom. The van der Waals surface area contributed by atoms with E-state index in [1.54, 1.807) is 0 Å². The molecule has 0 radical (unpaired) electrons. The van der Waals surface area contributed by atoms with Crippen molar-refractivity contribution >= 4 is 0 Å². The highest BCUT2D eigenvalue weighted by Gasteiger charge is 2.19. The summed E-state index contributed by atoms with van der Waals surface area (Å²) in [6.07, 6.45) is -0.120. The van der Waals surface area contributed by atoms with Crippen LogP contribution in [-0.2, 0) is 6.42 Å². The highest BCUT2D eigenvalue weighted by atomic mass is 19.1. The van der Waals surface area contributed by atoms with Crippen LogP contribution in [0.3, 0.4) is 0 Å². The summed E-state index contributed by atoms with van der Waals surface area (Å²) in [4.78, 5) is 0. The number of hydrogen-bond donors (Lipinski definition) is 1. The molecule has 84 valence electrons. The lowest BCUT2D eigenvalue weighted by Crippen LogP contribution is -2.04. The van der Waals surface area contributed by atoms with Crippen LogP contribution in [0, 0.1) is 11.6 Å². The molecule has 1 N–H and O–H groups in total. The van der Waals surface area contributed by atoms with Crippen molar-refractivity contribution in [3.63, 3.8) is 0 Å². The quantitative estimate of drug-likeness (QED) is 0.832. The smallest absolute Gasteiger partial charge is 0.171 e. The van der Waals surface area contributed by atoms with Crippen molar-refractivity contribution < 1.29 is 23.4 Å². The summed E-state index contributed by atoms with van der Waals surface area (Å²) < 4.78 is 36.5. The molecule has 0 atom stereocenters. The van der Waals surface area contributed by atoms with Gasteiger partial charge in [-0.1, -0.05) is 0 Å².